The van der Waals surface area contributed by atoms with Crippen molar-refractivity contribution < 1.29 is 0 Å². The van der Waals surface area contributed by atoms with Gasteiger partial charge in [0.05, 0.1) is 18.2 Å². The molecule has 166 valence electrons. The minimum Gasteiger partial charge on any atom is -0.268 e. The predicted octanol–water partition coefficient (Wildman–Crippen LogP) is 6.48. The van der Waals surface area contributed by atoms with Crippen LogP contribution in [0, 0.1) is 0 Å². The fourth-order valence-corrected chi connectivity index (χ4v) is 5.35. The van der Waals surface area contributed by atoms with Crippen molar-refractivity contribution in [3.05, 3.63) is 130 Å². The molecule has 0 saturated heterocycles. The van der Waals surface area contributed by atoms with Gasteiger partial charge in [-0.1, -0.05) is 79.2 Å². The first-order valence-electron chi connectivity index (χ1n) is 11.7. The number of rotatable bonds is 8. The molecule has 1 heterocycles. The summed E-state index contributed by atoms with van der Waals surface area (Å²) in [4.78, 5) is 13.9. The fraction of sp³-hybridized carbons (Fsp3) is 0.241. The summed E-state index contributed by atoms with van der Waals surface area (Å²) in [6.45, 7) is 0.585. The summed E-state index contributed by atoms with van der Waals surface area (Å²) in [5, 5.41) is 4.82. The minimum atomic E-state index is -0.0533. The number of thioether (sulfide) groups is 1. The molecule has 5 rings (SSSR count). The second-order valence-electron chi connectivity index (χ2n) is 8.62. The Kier molecular flexibility index (Phi) is 6.73. The summed E-state index contributed by atoms with van der Waals surface area (Å²) in [5.74, 6) is 1.54. The molecule has 0 atom stereocenters. The molecule has 1 saturated carbocycles. The van der Waals surface area contributed by atoms with Crippen LogP contribution in [0.2, 0.25) is 0 Å². The lowest BCUT2D eigenvalue weighted by Crippen LogP contribution is -2.25. The fourth-order valence-electron chi connectivity index (χ4n) is 4.45. The molecule has 0 bridgehead atoms. The average Bonchev–Trinajstić information content (AvgIpc) is 2.82. The van der Waals surface area contributed by atoms with Gasteiger partial charge in [-0.25, -0.2) is 4.68 Å². The molecule has 3 nitrogen and oxygen atoms in total. The molecule has 0 amide bonds. The van der Waals surface area contributed by atoms with Crippen LogP contribution in [0.25, 0.3) is 0 Å². The third kappa shape index (κ3) is 5.12. The molecule has 33 heavy (non-hydrogen) atoms. The molecule has 0 aliphatic heterocycles. The molecule has 1 aliphatic carbocycles. The van der Waals surface area contributed by atoms with Crippen LogP contribution in [0.3, 0.4) is 0 Å². The number of aromatic nitrogens is 2. The van der Waals surface area contributed by atoms with Crippen molar-refractivity contribution >= 4 is 11.8 Å². The van der Waals surface area contributed by atoms with Gasteiger partial charge in [-0.15, -0.1) is 11.8 Å². The molecule has 3 aromatic carbocycles. The molecule has 4 aromatic rings. The van der Waals surface area contributed by atoms with Crippen LogP contribution >= 0.6 is 11.8 Å². The molecule has 0 spiro atoms. The molecule has 0 unspecified atom stereocenters. The van der Waals surface area contributed by atoms with Gasteiger partial charge in [-0.2, -0.15) is 5.10 Å². The summed E-state index contributed by atoms with van der Waals surface area (Å²) in [6.07, 6.45) is 3.97. The van der Waals surface area contributed by atoms with Crippen LogP contribution in [0.15, 0.2) is 107 Å². The van der Waals surface area contributed by atoms with Crippen LogP contribution in [0.5, 0.6) is 0 Å². The van der Waals surface area contributed by atoms with Crippen LogP contribution < -0.4 is 5.56 Å². The number of hydrogen-bond acceptors (Lipinski definition) is 3. The van der Waals surface area contributed by atoms with E-state index in [1.165, 1.54) is 40.8 Å². The Bertz CT molecular complexity index is 1210. The summed E-state index contributed by atoms with van der Waals surface area (Å²) in [6, 6.07) is 33.2. The van der Waals surface area contributed by atoms with E-state index in [4.69, 9.17) is 5.10 Å². The van der Waals surface area contributed by atoms with Gasteiger partial charge < -0.3 is 0 Å². The topological polar surface area (TPSA) is 34.9 Å². The van der Waals surface area contributed by atoms with Crippen molar-refractivity contribution in [2.24, 2.45) is 0 Å². The normalized spacial score (nSPS) is 13.7. The predicted molar refractivity (Wildman–Crippen MR) is 136 cm³/mol. The molecule has 1 aliphatic rings. The number of nitrogens with zero attached hydrogens (tertiary/aromatic N) is 2. The highest BCUT2D eigenvalue weighted by molar-refractivity contribution is 7.99. The van der Waals surface area contributed by atoms with Crippen molar-refractivity contribution in [2.45, 2.75) is 42.5 Å². The molecular formula is C29H28N2OS. The van der Waals surface area contributed by atoms with Gasteiger partial charge in [-0.3, -0.25) is 4.79 Å². The Morgan fingerprint density at radius 2 is 1.55 bits per heavy atom. The molecular weight excluding hydrogens is 424 g/mol. The largest absolute Gasteiger partial charge is 0.268 e. The molecule has 1 aromatic heterocycles. The van der Waals surface area contributed by atoms with Crippen molar-refractivity contribution in [2.75, 3.05) is 5.75 Å². The zero-order valence-electron chi connectivity index (χ0n) is 18.6. The first-order valence-corrected chi connectivity index (χ1v) is 12.7. The van der Waals surface area contributed by atoms with Crippen LogP contribution in [0.4, 0.5) is 0 Å². The zero-order valence-corrected chi connectivity index (χ0v) is 19.5. The third-order valence-corrected chi connectivity index (χ3v) is 7.43. The van der Waals surface area contributed by atoms with Gasteiger partial charge in [0.15, 0.2) is 0 Å². The molecule has 1 fully saturated rings. The lowest BCUT2D eigenvalue weighted by atomic mass is 9.80. The lowest BCUT2D eigenvalue weighted by Gasteiger charge is -2.26. The van der Waals surface area contributed by atoms with E-state index >= 15 is 0 Å². The van der Waals surface area contributed by atoms with Gasteiger partial charge >= 0.3 is 0 Å². The van der Waals surface area contributed by atoms with Gasteiger partial charge in [0.1, 0.15) is 0 Å². The monoisotopic (exact) mass is 452 g/mol. The molecule has 0 radical (unpaired) electrons. The van der Waals surface area contributed by atoms with Gasteiger partial charge in [0.25, 0.3) is 5.56 Å². The van der Waals surface area contributed by atoms with E-state index in [-0.39, 0.29) is 11.5 Å². The highest BCUT2D eigenvalue weighted by Crippen LogP contribution is 2.37. The Hall–Kier alpha value is -3.11. The third-order valence-electron chi connectivity index (χ3n) is 6.46. The van der Waals surface area contributed by atoms with E-state index in [0.29, 0.717) is 6.54 Å². The van der Waals surface area contributed by atoms with E-state index in [1.807, 2.05) is 18.2 Å². The molecule has 4 heteroatoms. The van der Waals surface area contributed by atoms with Gasteiger partial charge in [0, 0.05) is 16.7 Å². The lowest BCUT2D eigenvalue weighted by molar-refractivity contribution is 0.419. The zero-order chi connectivity index (χ0) is 22.5. The standard InChI is InChI=1S/C29H28N2OS/c32-28-18-17-27(29(23-9-3-1-4-10-23)24-11-5-2-6-12-24)30-31(28)19-20-33-26-16-8-15-25(21-26)22-13-7-14-22/h1-6,8-12,15-18,21-22,29H,7,13-14,19-20H2. The number of hydrogen-bond donors (Lipinski definition) is 0. The quantitative estimate of drug-likeness (QED) is 0.287. The van der Waals surface area contributed by atoms with E-state index in [0.717, 1.165) is 17.4 Å². The first-order chi connectivity index (χ1) is 16.3. The van der Waals surface area contributed by atoms with Crippen molar-refractivity contribution in [3.63, 3.8) is 0 Å². The van der Waals surface area contributed by atoms with Crippen LogP contribution in [-0.2, 0) is 6.54 Å². The second kappa shape index (κ2) is 10.2. The smallest absolute Gasteiger partial charge is 0.266 e. The van der Waals surface area contributed by atoms with Gasteiger partial charge in [-0.05, 0) is 53.6 Å². The highest BCUT2D eigenvalue weighted by atomic mass is 32.2. The van der Waals surface area contributed by atoms with Crippen molar-refractivity contribution in [1.29, 1.82) is 0 Å². The minimum absolute atomic E-state index is 0.00828. The highest BCUT2D eigenvalue weighted by Gasteiger charge is 2.20. The number of benzene rings is 3. The Morgan fingerprint density at radius 3 is 2.18 bits per heavy atom. The Morgan fingerprint density at radius 1 is 0.848 bits per heavy atom. The Labute approximate surface area is 199 Å². The van der Waals surface area contributed by atoms with Gasteiger partial charge in [0.2, 0.25) is 0 Å². The van der Waals surface area contributed by atoms with E-state index in [1.54, 1.807) is 22.5 Å². The van der Waals surface area contributed by atoms with Crippen LogP contribution in [0.1, 0.15) is 53.5 Å². The van der Waals surface area contributed by atoms with Crippen LogP contribution in [-0.4, -0.2) is 15.5 Å². The van der Waals surface area contributed by atoms with E-state index in [9.17, 15) is 4.79 Å². The van der Waals surface area contributed by atoms with E-state index in [2.05, 4.69) is 72.8 Å². The SMILES string of the molecule is O=c1ccc(C(c2ccccc2)c2ccccc2)nn1CCSc1cccc(C2CCC2)c1. The summed E-state index contributed by atoms with van der Waals surface area (Å²) >= 11 is 1.80. The maximum atomic E-state index is 12.6. The van der Waals surface area contributed by atoms with Crippen molar-refractivity contribution in [3.8, 4) is 0 Å². The maximum absolute atomic E-state index is 12.6. The Balaban J connectivity index is 1.35. The molecule has 0 N–H and O–H groups in total. The summed E-state index contributed by atoms with van der Waals surface area (Å²) in [5.41, 5.74) is 4.63. The maximum Gasteiger partial charge on any atom is 0.266 e. The number of aryl methyl sites for hydroxylation is 1. The second-order valence-corrected chi connectivity index (χ2v) is 9.79. The van der Waals surface area contributed by atoms with E-state index < -0.39 is 0 Å². The first kappa shape index (κ1) is 21.7. The summed E-state index contributed by atoms with van der Waals surface area (Å²) < 4.78 is 1.62. The average molecular weight is 453 g/mol. The van der Waals surface area contributed by atoms with Crippen molar-refractivity contribution in [1.82, 2.24) is 9.78 Å². The summed E-state index contributed by atoms with van der Waals surface area (Å²) in [7, 11) is 0.